The summed E-state index contributed by atoms with van der Waals surface area (Å²) in [5, 5.41) is 11.2. The molecule has 0 bridgehead atoms. The van der Waals surface area contributed by atoms with Crippen LogP contribution in [0, 0.1) is 0 Å². The lowest BCUT2D eigenvalue weighted by Crippen LogP contribution is -2.28. The molecule has 0 saturated heterocycles. The predicted molar refractivity (Wildman–Crippen MR) is 69.1 cm³/mol. The molecule has 2 aromatic heterocycles. The molecule has 0 aliphatic rings. The minimum absolute atomic E-state index is 0.505. The highest BCUT2D eigenvalue weighted by atomic mass is 16.3. The van der Waals surface area contributed by atoms with Gasteiger partial charge in [-0.1, -0.05) is 5.21 Å². The van der Waals surface area contributed by atoms with E-state index in [0.717, 1.165) is 38.1 Å². The molecule has 5 nitrogen and oxygen atoms in total. The van der Waals surface area contributed by atoms with Crippen molar-refractivity contribution in [3.05, 3.63) is 36.5 Å². The lowest BCUT2D eigenvalue weighted by atomic mass is 10.1. The van der Waals surface area contributed by atoms with Gasteiger partial charge in [0, 0.05) is 25.2 Å². The van der Waals surface area contributed by atoms with Crippen LogP contribution < -0.4 is 5.32 Å². The zero-order valence-electron chi connectivity index (χ0n) is 10.7. The zero-order valence-corrected chi connectivity index (χ0v) is 10.7. The summed E-state index contributed by atoms with van der Waals surface area (Å²) in [5.41, 5.74) is 0. The first kappa shape index (κ1) is 12.8. The Morgan fingerprint density at radius 3 is 3.17 bits per heavy atom. The molecular formula is C13H20N4O. The normalized spacial score (nSPS) is 12.7. The van der Waals surface area contributed by atoms with Crippen LogP contribution in [0.5, 0.6) is 0 Å². The van der Waals surface area contributed by atoms with E-state index < -0.39 is 0 Å². The molecular weight excluding hydrogens is 228 g/mol. The number of nitrogens with zero attached hydrogens (tertiary/aromatic N) is 3. The minimum Gasteiger partial charge on any atom is -0.469 e. The van der Waals surface area contributed by atoms with E-state index >= 15 is 0 Å². The third-order valence-corrected chi connectivity index (χ3v) is 2.93. The van der Waals surface area contributed by atoms with Crippen molar-refractivity contribution < 1.29 is 4.42 Å². The molecule has 18 heavy (non-hydrogen) atoms. The van der Waals surface area contributed by atoms with Crippen molar-refractivity contribution in [3.8, 4) is 0 Å². The third-order valence-electron chi connectivity index (χ3n) is 2.93. The van der Waals surface area contributed by atoms with E-state index in [4.69, 9.17) is 4.42 Å². The Morgan fingerprint density at radius 2 is 2.44 bits per heavy atom. The van der Waals surface area contributed by atoms with Crippen molar-refractivity contribution >= 4 is 0 Å². The Hall–Kier alpha value is -1.62. The quantitative estimate of drug-likeness (QED) is 0.725. The topological polar surface area (TPSA) is 55.9 Å². The number of hydrogen-bond donors (Lipinski definition) is 1. The van der Waals surface area contributed by atoms with Crippen LogP contribution in [0.3, 0.4) is 0 Å². The van der Waals surface area contributed by atoms with Gasteiger partial charge >= 0.3 is 0 Å². The fraction of sp³-hybridized carbons (Fsp3) is 0.538. The average molecular weight is 248 g/mol. The van der Waals surface area contributed by atoms with Crippen LogP contribution in [0.25, 0.3) is 0 Å². The maximum atomic E-state index is 5.31. The first-order chi connectivity index (χ1) is 8.84. The number of rotatable bonds is 8. The molecule has 5 heteroatoms. The second-order valence-corrected chi connectivity index (χ2v) is 4.49. The molecule has 0 spiro atoms. The molecule has 1 atom stereocenters. The van der Waals surface area contributed by atoms with Crippen molar-refractivity contribution in [2.45, 2.75) is 38.8 Å². The number of furan rings is 1. The van der Waals surface area contributed by atoms with Gasteiger partial charge in [-0.15, -0.1) is 5.10 Å². The fourth-order valence-electron chi connectivity index (χ4n) is 1.86. The van der Waals surface area contributed by atoms with E-state index in [1.54, 1.807) is 12.5 Å². The monoisotopic (exact) mass is 248 g/mol. The highest BCUT2D eigenvalue weighted by molar-refractivity contribution is 4.98. The SMILES string of the molecule is CC(CCc1ccco1)NCCCn1ccnn1. The molecule has 0 aliphatic heterocycles. The van der Waals surface area contributed by atoms with Gasteiger partial charge in [0.1, 0.15) is 5.76 Å². The Bertz CT molecular complexity index is 410. The highest BCUT2D eigenvalue weighted by Gasteiger charge is 2.03. The molecule has 0 radical (unpaired) electrons. The van der Waals surface area contributed by atoms with Gasteiger partial charge < -0.3 is 9.73 Å². The Morgan fingerprint density at radius 1 is 1.50 bits per heavy atom. The summed E-state index contributed by atoms with van der Waals surface area (Å²) in [5.74, 6) is 1.06. The smallest absolute Gasteiger partial charge is 0.103 e. The van der Waals surface area contributed by atoms with Gasteiger partial charge in [-0.3, -0.25) is 4.68 Å². The first-order valence-corrected chi connectivity index (χ1v) is 6.44. The van der Waals surface area contributed by atoms with Crippen LogP contribution in [-0.4, -0.2) is 27.6 Å². The van der Waals surface area contributed by atoms with Crippen molar-refractivity contribution in [3.63, 3.8) is 0 Å². The molecule has 2 rings (SSSR count). The molecule has 0 aromatic carbocycles. The molecule has 0 aliphatic carbocycles. The molecule has 0 amide bonds. The van der Waals surface area contributed by atoms with Gasteiger partial charge in [0.05, 0.1) is 12.5 Å². The first-order valence-electron chi connectivity index (χ1n) is 6.44. The summed E-state index contributed by atoms with van der Waals surface area (Å²) >= 11 is 0. The van der Waals surface area contributed by atoms with E-state index in [1.165, 1.54) is 0 Å². The van der Waals surface area contributed by atoms with Crippen molar-refractivity contribution in [2.75, 3.05) is 6.54 Å². The van der Waals surface area contributed by atoms with Crippen LogP contribution >= 0.6 is 0 Å². The van der Waals surface area contributed by atoms with Gasteiger partial charge in [0.25, 0.3) is 0 Å². The predicted octanol–water partition coefficient (Wildman–Crippen LogP) is 1.87. The van der Waals surface area contributed by atoms with Gasteiger partial charge in [0.2, 0.25) is 0 Å². The lowest BCUT2D eigenvalue weighted by molar-refractivity contribution is 0.446. The summed E-state index contributed by atoms with van der Waals surface area (Å²) < 4.78 is 7.17. The maximum Gasteiger partial charge on any atom is 0.103 e. The fourth-order valence-corrected chi connectivity index (χ4v) is 1.86. The second-order valence-electron chi connectivity index (χ2n) is 4.49. The Labute approximate surface area is 107 Å². The van der Waals surface area contributed by atoms with E-state index in [1.807, 2.05) is 23.0 Å². The number of aromatic nitrogens is 3. The van der Waals surface area contributed by atoms with Crippen LogP contribution in [0.2, 0.25) is 0 Å². The van der Waals surface area contributed by atoms with Gasteiger partial charge in [-0.2, -0.15) is 0 Å². The molecule has 2 aromatic rings. The lowest BCUT2D eigenvalue weighted by Gasteiger charge is -2.12. The summed E-state index contributed by atoms with van der Waals surface area (Å²) in [7, 11) is 0. The number of nitrogens with one attached hydrogen (secondary N) is 1. The summed E-state index contributed by atoms with van der Waals surface area (Å²) in [4.78, 5) is 0. The highest BCUT2D eigenvalue weighted by Crippen LogP contribution is 2.05. The van der Waals surface area contributed by atoms with E-state index in [2.05, 4.69) is 22.6 Å². The molecule has 1 N–H and O–H groups in total. The molecule has 98 valence electrons. The van der Waals surface area contributed by atoms with E-state index in [0.29, 0.717) is 6.04 Å². The third kappa shape index (κ3) is 4.33. The van der Waals surface area contributed by atoms with Crippen LogP contribution in [-0.2, 0) is 13.0 Å². The van der Waals surface area contributed by atoms with Crippen LogP contribution in [0.4, 0.5) is 0 Å². The summed E-state index contributed by atoms with van der Waals surface area (Å²) in [6.45, 7) is 4.12. The number of hydrogen-bond acceptors (Lipinski definition) is 4. The van der Waals surface area contributed by atoms with Crippen molar-refractivity contribution in [1.82, 2.24) is 20.3 Å². The van der Waals surface area contributed by atoms with Crippen molar-refractivity contribution in [1.29, 1.82) is 0 Å². The largest absolute Gasteiger partial charge is 0.469 e. The van der Waals surface area contributed by atoms with Crippen LogP contribution in [0.1, 0.15) is 25.5 Å². The minimum atomic E-state index is 0.505. The maximum absolute atomic E-state index is 5.31. The zero-order chi connectivity index (χ0) is 12.6. The van der Waals surface area contributed by atoms with Gasteiger partial charge in [0.15, 0.2) is 0 Å². The standard InChI is InChI=1S/C13H20N4O/c1-12(5-6-13-4-2-11-18-13)14-7-3-9-17-10-8-15-16-17/h2,4,8,10-12,14H,3,5-7,9H2,1H3. The van der Waals surface area contributed by atoms with Crippen molar-refractivity contribution in [2.24, 2.45) is 0 Å². The van der Waals surface area contributed by atoms with Gasteiger partial charge in [-0.25, -0.2) is 0 Å². The van der Waals surface area contributed by atoms with Crippen LogP contribution in [0.15, 0.2) is 35.2 Å². The van der Waals surface area contributed by atoms with E-state index in [9.17, 15) is 0 Å². The Balaban J connectivity index is 1.53. The molecule has 0 saturated carbocycles. The second kappa shape index (κ2) is 6.96. The molecule has 2 heterocycles. The number of aryl methyl sites for hydroxylation is 2. The summed E-state index contributed by atoms with van der Waals surface area (Å²) in [6, 6.07) is 4.47. The molecule has 1 unspecified atom stereocenters. The average Bonchev–Trinajstić information content (AvgIpc) is 3.04. The van der Waals surface area contributed by atoms with Gasteiger partial charge in [-0.05, 0) is 38.4 Å². The Kier molecular flexibility index (Phi) is 4.96. The molecule has 0 fully saturated rings. The van der Waals surface area contributed by atoms with E-state index in [-0.39, 0.29) is 0 Å². The summed E-state index contributed by atoms with van der Waals surface area (Å²) in [6.07, 6.45) is 8.47.